The van der Waals surface area contributed by atoms with Crippen LogP contribution in [0.4, 0.5) is 5.69 Å². The summed E-state index contributed by atoms with van der Waals surface area (Å²) in [5.41, 5.74) is 7.62. The molecule has 1 aliphatic heterocycles. The van der Waals surface area contributed by atoms with Crippen LogP contribution in [-0.4, -0.2) is 22.0 Å². The van der Waals surface area contributed by atoms with Gasteiger partial charge in [-0.1, -0.05) is 6.42 Å². The van der Waals surface area contributed by atoms with E-state index in [1.165, 1.54) is 19.3 Å². The van der Waals surface area contributed by atoms with Gasteiger partial charge in [-0.15, -0.1) is 0 Å². The number of anilines is 1. The Balaban J connectivity index is 1.91. The van der Waals surface area contributed by atoms with E-state index in [2.05, 4.69) is 30.6 Å². The van der Waals surface area contributed by atoms with Crippen LogP contribution in [0, 0.1) is 0 Å². The number of nitrogens with one attached hydrogen (secondary N) is 1. The Labute approximate surface area is 115 Å². The third-order valence-corrected chi connectivity index (χ3v) is 4.12. The Morgan fingerprint density at radius 1 is 1.50 bits per heavy atom. The van der Waals surface area contributed by atoms with E-state index in [-0.39, 0.29) is 0 Å². The monoisotopic (exact) mass is 308 g/mol. The molecule has 0 saturated carbocycles. The highest BCUT2D eigenvalue weighted by molar-refractivity contribution is 9.10. The van der Waals surface area contributed by atoms with Gasteiger partial charge in [0.2, 0.25) is 0 Å². The van der Waals surface area contributed by atoms with Crippen LogP contribution >= 0.6 is 15.9 Å². The van der Waals surface area contributed by atoms with Crippen LogP contribution < -0.4 is 11.1 Å². The SMILES string of the molecule is Nc1ccn2c(CC3CCCCN3)nc(Br)c2c1. The van der Waals surface area contributed by atoms with Crippen LogP contribution in [-0.2, 0) is 6.42 Å². The number of nitrogens with zero attached hydrogens (tertiary/aromatic N) is 2. The second-order valence-electron chi connectivity index (χ2n) is 4.89. The van der Waals surface area contributed by atoms with Gasteiger partial charge >= 0.3 is 0 Å². The highest BCUT2D eigenvalue weighted by Crippen LogP contribution is 2.22. The van der Waals surface area contributed by atoms with Crippen LogP contribution in [0.2, 0.25) is 0 Å². The average molecular weight is 309 g/mol. The molecular formula is C13H17BrN4. The molecule has 0 radical (unpaired) electrons. The second kappa shape index (κ2) is 4.90. The Morgan fingerprint density at radius 2 is 2.39 bits per heavy atom. The number of aromatic nitrogens is 2. The first-order valence-electron chi connectivity index (χ1n) is 6.39. The van der Waals surface area contributed by atoms with Gasteiger partial charge in [-0.25, -0.2) is 4.98 Å². The lowest BCUT2D eigenvalue weighted by Crippen LogP contribution is -2.36. The molecule has 1 unspecified atom stereocenters. The fourth-order valence-electron chi connectivity index (χ4n) is 2.59. The lowest BCUT2D eigenvalue weighted by molar-refractivity contribution is 0.394. The van der Waals surface area contributed by atoms with E-state index in [1.807, 2.05) is 18.3 Å². The average Bonchev–Trinajstić information content (AvgIpc) is 2.67. The van der Waals surface area contributed by atoms with Crippen molar-refractivity contribution in [1.29, 1.82) is 0 Å². The number of nitrogen functional groups attached to an aromatic ring is 1. The van der Waals surface area contributed by atoms with Gasteiger partial charge in [0.15, 0.2) is 0 Å². The predicted octanol–water partition coefficient (Wildman–Crippen LogP) is 2.36. The number of hydrogen-bond acceptors (Lipinski definition) is 3. The molecule has 5 heteroatoms. The molecule has 0 aromatic carbocycles. The summed E-state index contributed by atoms with van der Waals surface area (Å²) in [5, 5.41) is 3.56. The number of imidazole rings is 1. The molecule has 4 nitrogen and oxygen atoms in total. The maximum absolute atomic E-state index is 5.81. The molecule has 96 valence electrons. The number of halogens is 1. The van der Waals surface area contributed by atoms with Gasteiger partial charge in [0.1, 0.15) is 10.4 Å². The van der Waals surface area contributed by atoms with E-state index in [0.717, 1.165) is 34.6 Å². The predicted molar refractivity (Wildman–Crippen MR) is 76.7 cm³/mol. The molecule has 1 fully saturated rings. The molecule has 1 atom stereocenters. The minimum absolute atomic E-state index is 0.550. The fraction of sp³-hybridized carbons (Fsp3) is 0.462. The van der Waals surface area contributed by atoms with Crippen LogP contribution in [0.25, 0.3) is 5.52 Å². The Morgan fingerprint density at radius 3 is 3.17 bits per heavy atom. The van der Waals surface area contributed by atoms with Gasteiger partial charge in [-0.05, 0) is 47.4 Å². The molecule has 0 aliphatic carbocycles. The molecule has 3 heterocycles. The lowest BCUT2D eigenvalue weighted by atomic mass is 10.0. The molecule has 1 saturated heterocycles. The summed E-state index contributed by atoms with van der Waals surface area (Å²) in [7, 11) is 0. The van der Waals surface area contributed by atoms with Crippen molar-refractivity contribution in [3.63, 3.8) is 0 Å². The third kappa shape index (κ3) is 2.24. The molecule has 0 bridgehead atoms. The summed E-state index contributed by atoms with van der Waals surface area (Å²) in [5.74, 6) is 1.09. The first-order valence-corrected chi connectivity index (χ1v) is 7.18. The van der Waals surface area contributed by atoms with Crippen LogP contribution in [0.15, 0.2) is 22.9 Å². The zero-order chi connectivity index (χ0) is 12.5. The van der Waals surface area contributed by atoms with Gasteiger partial charge < -0.3 is 15.5 Å². The maximum Gasteiger partial charge on any atom is 0.132 e. The molecule has 2 aromatic rings. The molecule has 3 N–H and O–H groups in total. The van der Waals surface area contributed by atoms with Crippen molar-refractivity contribution in [2.45, 2.75) is 31.7 Å². The maximum atomic E-state index is 5.81. The van der Waals surface area contributed by atoms with Crippen molar-refractivity contribution >= 4 is 27.1 Å². The normalized spacial score (nSPS) is 20.4. The van der Waals surface area contributed by atoms with Crippen LogP contribution in [0.5, 0.6) is 0 Å². The summed E-state index contributed by atoms with van der Waals surface area (Å²) in [6, 6.07) is 4.42. The first-order chi connectivity index (χ1) is 8.74. The number of nitrogens with two attached hydrogens (primary N) is 1. The molecule has 1 aliphatic rings. The highest BCUT2D eigenvalue weighted by Gasteiger charge is 2.17. The third-order valence-electron chi connectivity index (χ3n) is 3.54. The van der Waals surface area contributed by atoms with Gasteiger partial charge in [-0.2, -0.15) is 0 Å². The topological polar surface area (TPSA) is 55.4 Å². The zero-order valence-electron chi connectivity index (χ0n) is 10.2. The largest absolute Gasteiger partial charge is 0.399 e. The number of piperidine rings is 1. The van der Waals surface area contributed by atoms with Crippen LogP contribution in [0.1, 0.15) is 25.1 Å². The van der Waals surface area contributed by atoms with Crippen molar-refractivity contribution < 1.29 is 0 Å². The van der Waals surface area contributed by atoms with E-state index < -0.39 is 0 Å². The lowest BCUT2D eigenvalue weighted by Gasteiger charge is -2.22. The number of rotatable bonds is 2. The van der Waals surface area contributed by atoms with Crippen molar-refractivity contribution in [1.82, 2.24) is 14.7 Å². The standard InChI is InChI=1S/C13H17BrN4/c14-13-11-7-9(15)4-6-18(11)12(17-13)8-10-3-1-2-5-16-10/h4,6-7,10,16H,1-3,5,8,15H2. The van der Waals surface area contributed by atoms with Crippen molar-refractivity contribution in [2.24, 2.45) is 0 Å². The first kappa shape index (κ1) is 12.0. The van der Waals surface area contributed by atoms with Crippen molar-refractivity contribution in [2.75, 3.05) is 12.3 Å². The Hall–Kier alpha value is -1.07. The molecule has 3 rings (SSSR count). The van der Waals surface area contributed by atoms with Gasteiger partial charge in [0.25, 0.3) is 0 Å². The van der Waals surface area contributed by atoms with E-state index in [0.29, 0.717) is 6.04 Å². The highest BCUT2D eigenvalue weighted by atomic mass is 79.9. The quantitative estimate of drug-likeness (QED) is 0.895. The second-order valence-corrected chi connectivity index (χ2v) is 5.64. The molecule has 0 amide bonds. The number of hydrogen-bond donors (Lipinski definition) is 2. The van der Waals surface area contributed by atoms with Crippen LogP contribution in [0.3, 0.4) is 0 Å². The van der Waals surface area contributed by atoms with E-state index >= 15 is 0 Å². The minimum Gasteiger partial charge on any atom is -0.399 e. The number of pyridine rings is 1. The smallest absolute Gasteiger partial charge is 0.132 e. The molecule has 18 heavy (non-hydrogen) atoms. The summed E-state index contributed by atoms with van der Waals surface area (Å²) in [6.07, 6.45) is 6.81. The summed E-state index contributed by atoms with van der Waals surface area (Å²) < 4.78 is 3.00. The van der Waals surface area contributed by atoms with Gasteiger partial charge in [-0.3, -0.25) is 0 Å². The molecule has 2 aromatic heterocycles. The summed E-state index contributed by atoms with van der Waals surface area (Å²) in [4.78, 5) is 4.61. The van der Waals surface area contributed by atoms with Crippen molar-refractivity contribution in [3.05, 3.63) is 28.8 Å². The Kier molecular flexibility index (Phi) is 3.26. The van der Waals surface area contributed by atoms with Gasteiger partial charge in [0.05, 0.1) is 5.52 Å². The zero-order valence-corrected chi connectivity index (χ0v) is 11.8. The van der Waals surface area contributed by atoms with Crippen molar-refractivity contribution in [3.8, 4) is 0 Å². The van der Waals surface area contributed by atoms with E-state index in [1.54, 1.807) is 0 Å². The molecular weight excluding hydrogens is 292 g/mol. The van der Waals surface area contributed by atoms with E-state index in [9.17, 15) is 0 Å². The summed E-state index contributed by atoms with van der Waals surface area (Å²) in [6.45, 7) is 1.13. The fourth-order valence-corrected chi connectivity index (χ4v) is 3.10. The summed E-state index contributed by atoms with van der Waals surface area (Å²) >= 11 is 3.51. The van der Waals surface area contributed by atoms with E-state index in [4.69, 9.17) is 5.73 Å². The molecule has 0 spiro atoms. The Bertz CT molecular complexity index is 557. The number of fused-ring (bicyclic) bond motifs is 1. The van der Waals surface area contributed by atoms with Gasteiger partial charge in [0, 0.05) is 24.3 Å². The minimum atomic E-state index is 0.550.